The molecule has 3 atom stereocenters. The predicted octanol–water partition coefficient (Wildman–Crippen LogP) is 0.741. The van der Waals surface area contributed by atoms with Crippen LogP contribution in [0.25, 0.3) is 0 Å². The van der Waals surface area contributed by atoms with Crippen LogP contribution in [0.3, 0.4) is 0 Å². The third kappa shape index (κ3) is 2.22. The fraction of sp³-hybridized carbons (Fsp3) is 0.909. The van der Waals surface area contributed by atoms with E-state index in [1.807, 2.05) is 25.7 Å². The Bertz CT molecular complexity index is 271. The van der Waals surface area contributed by atoms with Gasteiger partial charge >= 0.3 is 0 Å². The van der Waals surface area contributed by atoms with Crippen molar-refractivity contribution in [2.75, 3.05) is 6.54 Å². The van der Waals surface area contributed by atoms with E-state index < -0.39 is 6.41 Å². The molecule has 1 saturated carbocycles. The number of ether oxygens (including phenoxy) is 1. The van der Waals surface area contributed by atoms with Crippen LogP contribution in [-0.4, -0.2) is 40.4 Å². The Kier molecular flexibility index (Phi) is 2.61. The lowest BCUT2D eigenvalue weighted by Crippen LogP contribution is -2.47. The van der Waals surface area contributed by atoms with Gasteiger partial charge in [0, 0.05) is 24.9 Å². The van der Waals surface area contributed by atoms with Crippen molar-refractivity contribution in [2.24, 2.45) is 5.92 Å². The van der Waals surface area contributed by atoms with Gasteiger partial charge < -0.3 is 9.84 Å². The number of fused-ring (bicyclic) bond motifs is 2. The van der Waals surface area contributed by atoms with Crippen molar-refractivity contribution in [3.63, 3.8) is 0 Å². The maximum absolute atomic E-state index is 11.3. The first-order valence-electron chi connectivity index (χ1n) is 5.51. The van der Waals surface area contributed by atoms with Gasteiger partial charge in [0.15, 0.2) is 0 Å². The molecule has 2 bridgehead atoms. The molecule has 1 saturated heterocycles. The number of ketones is 1. The van der Waals surface area contributed by atoms with Crippen LogP contribution in [-0.2, 0) is 9.53 Å². The number of hydrogen-bond donors (Lipinski definition) is 1. The zero-order valence-corrected chi connectivity index (χ0v) is 9.56. The fourth-order valence-electron chi connectivity index (χ4n) is 2.43. The summed E-state index contributed by atoms with van der Waals surface area (Å²) < 4.78 is 5.48. The first-order valence-corrected chi connectivity index (χ1v) is 5.51. The monoisotopic (exact) mass is 213 g/mol. The molecule has 0 spiro atoms. The number of rotatable bonds is 2. The normalized spacial score (nSPS) is 33.7. The van der Waals surface area contributed by atoms with Crippen LogP contribution >= 0.6 is 0 Å². The molecule has 86 valence electrons. The molecule has 1 aliphatic carbocycles. The summed E-state index contributed by atoms with van der Waals surface area (Å²) in [4.78, 5) is 13.2. The largest absolute Gasteiger partial charge is 0.356 e. The summed E-state index contributed by atoms with van der Waals surface area (Å²) in [6.07, 6.45) is 0.603. The molecule has 4 heteroatoms. The van der Waals surface area contributed by atoms with Gasteiger partial charge in [0.2, 0.25) is 6.41 Å². The number of aliphatic hydroxyl groups is 1. The molecule has 1 heterocycles. The average molecular weight is 213 g/mol. The number of hydrogen-bond acceptors (Lipinski definition) is 4. The number of piperidine rings is 1. The Labute approximate surface area is 90.2 Å². The molecule has 2 fully saturated rings. The van der Waals surface area contributed by atoms with E-state index in [0.717, 1.165) is 6.42 Å². The third-order valence-electron chi connectivity index (χ3n) is 3.09. The zero-order chi connectivity index (χ0) is 11.2. The number of likely N-dealkylation sites (tertiary alicyclic amines) is 1. The molecule has 0 aromatic heterocycles. The van der Waals surface area contributed by atoms with Gasteiger partial charge in [-0.1, -0.05) is 0 Å². The second-order valence-electron chi connectivity index (χ2n) is 5.51. The summed E-state index contributed by atoms with van der Waals surface area (Å²) in [7, 11) is 0. The summed E-state index contributed by atoms with van der Waals surface area (Å²) in [5, 5.41) is 9.89. The van der Waals surface area contributed by atoms with Crippen molar-refractivity contribution >= 4 is 5.78 Å². The average Bonchev–Trinajstić information content (AvgIpc) is 2.58. The van der Waals surface area contributed by atoms with Gasteiger partial charge in [0.25, 0.3) is 0 Å². The van der Waals surface area contributed by atoms with E-state index in [2.05, 4.69) is 0 Å². The van der Waals surface area contributed by atoms with E-state index in [-0.39, 0.29) is 17.6 Å². The zero-order valence-electron chi connectivity index (χ0n) is 9.56. The Hall–Kier alpha value is -0.450. The second kappa shape index (κ2) is 3.54. The minimum atomic E-state index is -0.867. The second-order valence-corrected chi connectivity index (χ2v) is 5.51. The summed E-state index contributed by atoms with van der Waals surface area (Å²) >= 11 is 0. The smallest absolute Gasteiger partial charge is 0.216 e. The topological polar surface area (TPSA) is 49.8 Å². The van der Waals surface area contributed by atoms with Crippen molar-refractivity contribution in [1.29, 1.82) is 0 Å². The van der Waals surface area contributed by atoms with Gasteiger partial charge in [-0.2, -0.15) is 0 Å². The Morgan fingerprint density at radius 1 is 1.53 bits per heavy atom. The van der Waals surface area contributed by atoms with E-state index in [1.165, 1.54) is 0 Å². The molecule has 1 N–H and O–H groups in total. The van der Waals surface area contributed by atoms with E-state index in [4.69, 9.17) is 4.74 Å². The van der Waals surface area contributed by atoms with Crippen LogP contribution in [0.2, 0.25) is 0 Å². The molecular weight excluding hydrogens is 194 g/mol. The van der Waals surface area contributed by atoms with Crippen molar-refractivity contribution in [1.82, 2.24) is 4.90 Å². The molecule has 0 aromatic carbocycles. The van der Waals surface area contributed by atoms with E-state index >= 15 is 0 Å². The first-order chi connectivity index (χ1) is 6.87. The molecule has 0 amide bonds. The molecule has 0 radical (unpaired) electrons. The van der Waals surface area contributed by atoms with Gasteiger partial charge in [-0.15, -0.1) is 0 Å². The summed E-state index contributed by atoms with van der Waals surface area (Å²) in [6, 6.07) is 0.194. The Morgan fingerprint density at radius 2 is 2.20 bits per heavy atom. The minimum absolute atomic E-state index is 0.133. The van der Waals surface area contributed by atoms with Gasteiger partial charge in [0.1, 0.15) is 5.78 Å². The van der Waals surface area contributed by atoms with Gasteiger partial charge in [-0.25, -0.2) is 0 Å². The summed E-state index contributed by atoms with van der Waals surface area (Å²) in [6.45, 7) is 6.39. The highest BCUT2D eigenvalue weighted by atomic mass is 16.6. The van der Waals surface area contributed by atoms with Gasteiger partial charge in [0.05, 0.1) is 5.60 Å². The standard InChI is InChI=1S/C11H19NO3/c1-11(2,3)15-10(14)12-6-7-4-8(12)5-9(7)13/h7-8,10,14H,4-6H2,1-3H3/t7-,8-,10?/m1/s1. The first kappa shape index (κ1) is 11.0. The van der Waals surface area contributed by atoms with Crippen LogP contribution in [0.15, 0.2) is 0 Å². The molecular formula is C11H19NO3. The summed E-state index contributed by atoms with van der Waals surface area (Å²) in [5.41, 5.74) is -0.356. The highest BCUT2D eigenvalue weighted by Gasteiger charge is 2.46. The van der Waals surface area contributed by atoms with E-state index in [9.17, 15) is 9.90 Å². The SMILES string of the molecule is CC(C)(C)OC(O)N1C[C@H]2C[C@@H]1CC2=O. The van der Waals surface area contributed by atoms with Crippen LogP contribution < -0.4 is 0 Å². The minimum Gasteiger partial charge on any atom is -0.356 e. The van der Waals surface area contributed by atoms with Crippen LogP contribution in [0.4, 0.5) is 0 Å². The molecule has 1 aliphatic heterocycles. The number of nitrogens with zero attached hydrogens (tertiary/aromatic N) is 1. The Morgan fingerprint density at radius 3 is 2.60 bits per heavy atom. The van der Waals surface area contributed by atoms with E-state index in [1.54, 1.807) is 0 Å². The molecule has 0 aromatic rings. The number of carbonyl (C=O) groups excluding carboxylic acids is 1. The molecule has 2 aliphatic rings. The molecule has 1 unspecified atom stereocenters. The van der Waals surface area contributed by atoms with Crippen LogP contribution in [0, 0.1) is 5.92 Å². The van der Waals surface area contributed by atoms with Crippen molar-refractivity contribution in [2.45, 2.75) is 51.7 Å². The molecule has 2 rings (SSSR count). The maximum Gasteiger partial charge on any atom is 0.216 e. The third-order valence-corrected chi connectivity index (χ3v) is 3.09. The lowest BCUT2D eigenvalue weighted by Gasteiger charge is -2.34. The lowest BCUT2D eigenvalue weighted by molar-refractivity contribution is -0.244. The number of carbonyl (C=O) groups is 1. The Balaban J connectivity index is 1.94. The van der Waals surface area contributed by atoms with Crippen molar-refractivity contribution in [3.05, 3.63) is 0 Å². The van der Waals surface area contributed by atoms with Crippen molar-refractivity contribution in [3.8, 4) is 0 Å². The van der Waals surface area contributed by atoms with Gasteiger partial charge in [-0.05, 0) is 27.2 Å². The number of Topliss-reactive ketones (excluding diaryl/α,β-unsaturated/α-hetero) is 1. The maximum atomic E-state index is 11.3. The van der Waals surface area contributed by atoms with Gasteiger partial charge in [-0.3, -0.25) is 9.69 Å². The fourth-order valence-corrected chi connectivity index (χ4v) is 2.43. The number of aliphatic hydroxyl groups excluding tert-OH is 1. The van der Waals surface area contributed by atoms with E-state index in [0.29, 0.717) is 18.7 Å². The predicted molar refractivity (Wildman–Crippen MR) is 55.1 cm³/mol. The summed E-state index contributed by atoms with van der Waals surface area (Å²) in [5.74, 6) is 0.479. The lowest BCUT2D eigenvalue weighted by atomic mass is 10.1. The highest BCUT2D eigenvalue weighted by Crippen LogP contribution is 2.36. The molecule has 4 nitrogen and oxygen atoms in total. The van der Waals surface area contributed by atoms with Crippen LogP contribution in [0.1, 0.15) is 33.6 Å². The van der Waals surface area contributed by atoms with Crippen LogP contribution in [0.5, 0.6) is 0 Å². The van der Waals surface area contributed by atoms with Crippen molar-refractivity contribution < 1.29 is 14.6 Å². The highest BCUT2D eigenvalue weighted by molar-refractivity contribution is 5.85. The molecule has 15 heavy (non-hydrogen) atoms. The quantitative estimate of drug-likeness (QED) is 0.687.